The Morgan fingerprint density at radius 2 is 2.36 bits per heavy atom. The number of carbonyl (C=O) groups excluding carboxylic acids is 1. The Morgan fingerprint density at radius 3 is 2.79 bits per heavy atom. The highest BCUT2D eigenvalue weighted by Crippen LogP contribution is 2.03. The van der Waals surface area contributed by atoms with Gasteiger partial charge in [-0.3, -0.25) is 4.79 Å². The predicted molar refractivity (Wildman–Crippen MR) is 50.7 cm³/mol. The highest BCUT2D eigenvalue weighted by atomic mass is 16.6. The van der Waals surface area contributed by atoms with Gasteiger partial charge in [0.1, 0.15) is 6.10 Å². The number of amides is 1. The highest BCUT2D eigenvalue weighted by Gasteiger charge is 2.14. The van der Waals surface area contributed by atoms with Crippen LogP contribution in [0, 0.1) is 0 Å². The van der Waals surface area contributed by atoms with Crippen LogP contribution < -0.4 is 5.73 Å². The Labute approximate surface area is 81.5 Å². The number of furan rings is 1. The van der Waals surface area contributed by atoms with E-state index in [1.807, 2.05) is 0 Å². The minimum absolute atomic E-state index is 0.0105. The second-order valence-corrected chi connectivity index (χ2v) is 2.94. The molecular formula is C9H12N2O3. The van der Waals surface area contributed by atoms with Crippen molar-refractivity contribution in [3.8, 4) is 0 Å². The van der Waals surface area contributed by atoms with Crippen LogP contribution in [0.4, 0.5) is 0 Å². The molecule has 0 spiro atoms. The summed E-state index contributed by atoms with van der Waals surface area (Å²) in [6.07, 6.45) is 1.32. The number of oxime groups is 1. The summed E-state index contributed by atoms with van der Waals surface area (Å²) < 4.78 is 4.98. The fourth-order valence-electron chi connectivity index (χ4n) is 0.783. The van der Waals surface area contributed by atoms with Crippen LogP contribution in [0.5, 0.6) is 0 Å². The molecule has 5 heteroatoms. The third-order valence-electron chi connectivity index (χ3n) is 1.34. The molecule has 76 valence electrons. The highest BCUT2D eigenvalue weighted by molar-refractivity contribution is 6.43. The lowest BCUT2D eigenvalue weighted by atomic mass is 10.3. The van der Waals surface area contributed by atoms with Gasteiger partial charge >= 0.3 is 0 Å². The smallest absolute Gasteiger partial charge is 0.274 e. The normalized spacial score (nSPS) is 11.8. The SMILES string of the molecule is CC(C)ON=C(C(N)=O)c1ccco1. The first-order valence-electron chi connectivity index (χ1n) is 4.18. The molecule has 0 radical (unpaired) electrons. The van der Waals surface area contributed by atoms with Crippen molar-refractivity contribution in [1.82, 2.24) is 0 Å². The molecule has 0 saturated heterocycles. The maximum absolute atomic E-state index is 11.0. The van der Waals surface area contributed by atoms with Gasteiger partial charge in [0.05, 0.1) is 6.26 Å². The summed E-state index contributed by atoms with van der Waals surface area (Å²) in [6.45, 7) is 3.59. The van der Waals surface area contributed by atoms with Gasteiger partial charge in [-0.2, -0.15) is 0 Å². The van der Waals surface area contributed by atoms with Crippen LogP contribution in [0.1, 0.15) is 19.6 Å². The number of carbonyl (C=O) groups is 1. The van der Waals surface area contributed by atoms with Gasteiger partial charge in [0.15, 0.2) is 5.76 Å². The Hall–Kier alpha value is -1.78. The Balaban J connectivity index is 2.85. The number of rotatable bonds is 4. The first kappa shape index (κ1) is 10.3. The molecule has 14 heavy (non-hydrogen) atoms. The summed E-state index contributed by atoms with van der Waals surface area (Å²) in [5, 5.41) is 3.61. The van der Waals surface area contributed by atoms with Crippen LogP contribution in [0.25, 0.3) is 0 Å². The predicted octanol–water partition coefficient (Wildman–Crippen LogP) is 0.894. The molecular weight excluding hydrogens is 184 g/mol. The summed E-state index contributed by atoms with van der Waals surface area (Å²) in [5.41, 5.74) is 5.09. The summed E-state index contributed by atoms with van der Waals surface area (Å²) in [6, 6.07) is 3.23. The van der Waals surface area contributed by atoms with Crippen LogP contribution in [0.15, 0.2) is 28.0 Å². The zero-order chi connectivity index (χ0) is 10.6. The van der Waals surface area contributed by atoms with Gasteiger partial charge in [0.2, 0.25) is 5.71 Å². The summed E-state index contributed by atoms with van der Waals surface area (Å²) in [5.74, 6) is -0.376. The molecule has 1 aromatic rings. The molecule has 2 N–H and O–H groups in total. The van der Waals surface area contributed by atoms with E-state index in [1.54, 1.807) is 26.0 Å². The van der Waals surface area contributed by atoms with Crippen LogP contribution >= 0.6 is 0 Å². The van der Waals surface area contributed by atoms with Crippen LogP contribution in [0.3, 0.4) is 0 Å². The fourth-order valence-corrected chi connectivity index (χ4v) is 0.783. The summed E-state index contributed by atoms with van der Waals surface area (Å²) in [7, 11) is 0. The molecule has 0 unspecified atom stereocenters. The minimum atomic E-state index is -0.680. The average Bonchev–Trinajstić information content (AvgIpc) is 2.56. The summed E-state index contributed by atoms with van der Waals surface area (Å²) in [4.78, 5) is 15.9. The average molecular weight is 196 g/mol. The van der Waals surface area contributed by atoms with Gasteiger partial charge in [-0.1, -0.05) is 5.16 Å². The Kier molecular flexibility index (Phi) is 3.28. The molecule has 0 saturated carbocycles. The van der Waals surface area contributed by atoms with Gasteiger partial charge < -0.3 is 15.0 Å². The molecule has 5 nitrogen and oxygen atoms in total. The van der Waals surface area contributed by atoms with E-state index in [0.29, 0.717) is 5.76 Å². The van der Waals surface area contributed by atoms with Crippen molar-refractivity contribution >= 4 is 11.6 Å². The van der Waals surface area contributed by atoms with E-state index in [-0.39, 0.29) is 11.8 Å². The van der Waals surface area contributed by atoms with Gasteiger partial charge in [-0.25, -0.2) is 0 Å². The standard InChI is InChI=1S/C9H12N2O3/c1-6(2)14-11-8(9(10)12)7-4-3-5-13-7/h3-6H,1-2H3,(H2,10,12). The molecule has 0 aromatic carbocycles. The van der Waals surface area contributed by atoms with E-state index in [0.717, 1.165) is 0 Å². The van der Waals surface area contributed by atoms with E-state index in [9.17, 15) is 4.79 Å². The number of hydrogen-bond acceptors (Lipinski definition) is 4. The Bertz CT molecular complexity index is 328. The second-order valence-electron chi connectivity index (χ2n) is 2.94. The van der Waals surface area contributed by atoms with Crippen molar-refractivity contribution < 1.29 is 14.0 Å². The Morgan fingerprint density at radius 1 is 1.64 bits per heavy atom. The van der Waals surface area contributed by atoms with E-state index in [4.69, 9.17) is 15.0 Å². The van der Waals surface area contributed by atoms with Crippen molar-refractivity contribution in [3.05, 3.63) is 24.2 Å². The van der Waals surface area contributed by atoms with E-state index < -0.39 is 5.91 Å². The fraction of sp³-hybridized carbons (Fsp3) is 0.333. The molecule has 1 rings (SSSR count). The van der Waals surface area contributed by atoms with E-state index >= 15 is 0 Å². The quantitative estimate of drug-likeness (QED) is 0.573. The number of nitrogens with zero attached hydrogens (tertiary/aromatic N) is 1. The largest absolute Gasteiger partial charge is 0.462 e. The van der Waals surface area contributed by atoms with Crippen molar-refractivity contribution in [2.75, 3.05) is 0 Å². The van der Waals surface area contributed by atoms with E-state index in [2.05, 4.69) is 5.16 Å². The molecule has 1 amide bonds. The van der Waals surface area contributed by atoms with Gasteiger partial charge in [0, 0.05) is 0 Å². The van der Waals surface area contributed by atoms with Crippen molar-refractivity contribution in [2.45, 2.75) is 20.0 Å². The molecule has 1 heterocycles. The lowest BCUT2D eigenvalue weighted by molar-refractivity contribution is -0.112. The zero-order valence-electron chi connectivity index (χ0n) is 8.06. The molecule has 0 fully saturated rings. The third kappa shape index (κ3) is 2.62. The lowest BCUT2D eigenvalue weighted by Gasteiger charge is -2.03. The minimum Gasteiger partial charge on any atom is -0.462 e. The molecule has 0 bridgehead atoms. The van der Waals surface area contributed by atoms with Crippen LogP contribution in [-0.2, 0) is 9.63 Å². The van der Waals surface area contributed by atoms with Crippen LogP contribution in [0.2, 0.25) is 0 Å². The van der Waals surface area contributed by atoms with Crippen LogP contribution in [-0.4, -0.2) is 17.7 Å². The first-order valence-corrected chi connectivity index (χ1v) is 4.18. The number of primary amides is 1. The molecule has 0 aliphatic rings. The second kappa shape index (κ2) is 4.45. The molecule has 0 aliphatic heterocycles. The maximum Gasteiger partial charge on any atom is 0.274 e. The van der Waals surface area contributed by atoms with Gasteiger partial charge in [0.25, 0.3) is 5.91 Å². The van der Waals surface area contributed by atoms with Crippen molar-refractivity contribution in [1.29, 1.82) is 0 Å². The topological polar surface area (TPSA) is 77.8 Å². The monoisotopic (exact) mass is 196 g/mol. The lowest BCUT2D eigenvalue weighted by Crippen LogP contribution is -2.24. The van der Waals surface area contributed by atoms with Gasteiger partial charge in [-0.15, -0.1) is 0 Å². The third-order valence-corrected chi connectivity index (χ3v) is 1.34. The number of nitrogens with two attached hydrogens (primary N) is 1. The van der Waals surface area contributed by atoms with Crippen molar-refractivity contribution in [3.63, 3.8) is 0 Å². The number of hydrogen-bond donors (Lipinski definition) is 1. The van der Waals surface area contributed by atoms with Gasteiger partial charge in [-0.05, 0) is 26.0 Å². The maximum atomic E-state index is 11.0. The molecule has 1 aromatic heterocycles. The van der Waals surface area contributed by atoms with Crippen molar-refractivity contribution in [2.24, 2.45) is 10.9 Å². The van der Waals surface area contributed by atoms with E-state index in [1.165, 1.54) is 6.26 Å². The molecule has 0 aliphatic carbocycles. The molecule has 0 atom stereocenters. The zero-order valence-corrected chi connectivity index (χ0v) is 8.06. The first-order chi connectivity index (χ1) is 6.61. The summed E-state index contributed by atoms with van der Waals surface area (Å²) >= 11 is 0.